The molecule has 2 heterocycles. The number of amides is 2. The molecule has 9 nitrogen and oxygen atoms in total. The van der Waals surface area contributed by atoms with Crippen LogP contribution < -0.4 is 15.0 Å². The molecule has 0 unspecified atom stereocenters. The Morgan fingerprint density at radius 1 is 1.09 bits per heavy atom. The van der Waals surface area contributed by atoms with E-state index in [1.54, 1.807) is 35.2 Å². The van der Waals surface area contributed by atoms with Crippen LogP contribution in [0.1, 0.15) is 23.2 Å². The maximum absolute atomic E-state index is 13.1. The van der Waals surface area contributed by atoms with E-state index in [2.05, 4.69) is 5.32 Å². The molecule has 0 bridgehead atoms. The van der Waals surface area contributed by atoms with E-state index < -0.39 is 15.9 Å². The molecule has 170 valence electrons. The zero-order chi connectivity index (χ0) is 22.7. The summed E-state index contributed by atoms with van der Waals surface area (Å²) in [6, 6.07) is 11.3. The molecule has 4 rings (SSSR count). The van der Waals surface area contributed by atoms with Crippen molar-refractivity contribution in [2.24, 2.45) is 0 Å². The number of carbonyl (C=O) groups is 2. The van der Waals surface area contributed by atoms with Gasteiger partial charge in [0, 0.05) is 43.0 Å². The lowest BCUT2D eigenvalue weighted by molar-refractivity contribution is -0.117. The van der Waals surface area contributed by atoms with Gasteiger partial charge in [-0.1, -0.05) is 6.07 Å². The Kier molecular flexibility index (Phi) is 6.45. The molecule has 2 aromatic carbocycles. The number of nitrogens with one attached hydrogen (secondary N) is 1. The number of morpholine rings is 1. The zero-order valence-electron chi connectivity index (χ0n) is 17.7. The van der Waals surface area contributed by atoms with Crippen LogP contribution in [0.2, 0.25) is 0 Å². The molecular formula is C22H25N3O6S. The summed E-state index contributed by atoms with van der Waals surface area (Å²) in [7, 11) is -2.42. The summed E-state index contributed by atoms with van der Waals surface area (Å²) in [6.45, 7) is 1.79. The quantitative estimate of drug-likeness (QED) is 0.709. The highest BCUT2D eigenvalue weighted by molar-refractivity contribution is 7.89. The third-order valence-electron chi connectivity index (χ3n) is 5.50. The molecule has 2 aliphatic rings. The maximum Gasteiger partial charge on any atom is 0.255 e. The van der Waals surface area contributed by atoms with Crippen molar-refractivity contribution in [3.05, 3.63) is 48.0 Å². The summed E-state index contributed by atoms with van der Waals surface area (Å²) in [5.41, 5.74) is 1.37. The van der Waals surface area contributed by atoms with Gasteiger partial charge in [0.15, 0.2) is 0 Å². The van der Waals surface area contributed by atoms with E-state index >= 15 is 0 Å². The highest BCUT2D eigenvalue weighted by Crippen LogP contribution is 2.30. The number of anilines is 2. The Morgan fingerprint density at radius 3 is 2.56 bits per heavy atom. The van der Waals surface area contributed by atoms with Crippen LogP contribution in [-0.2, 0) is 19.6 Å². The van der Waals surface area contributed by atoms with Gasteiger partial charge in [-0.15, -0.1) is 0 Å². The average Bonchev–Trinajstić information content (AvgIpc) is 3.25. The SMILES string of the molecule is COc1ccc(NC(=O)c2cccc(N3CCCC3=O)c2)cc1S(=O)(=O)N1CCOCC1. The molecule has 0 aromatic heterocycles. The lowest BCUT2D eigenvalue weighted by Gasteiger charge is -2.26. The molecule has 2 aromatic rings. The van der Waals surface area contributed by atoms with Crippen LogP contribution in [0.25, 0.3) is 0 Å². The molecule has 0 spiro atoms. The molecule has 0 aliphatic carbocycles. The van der Waals surface area contributed by atoms with Gasteiger partial charge in [-0.3, -0.25) is 9.59 Å². The van der Waals surface area contributed by atoms with E-state index in [1.807, 2.05) is 0 Å². The Bertz CT molecular complexity index is 1130. The fourth-order valence-electron chi connectivity index (χ4n) is 3.82. The number of rotatable bonds is 6. The van der Waals surface area contributed by atoms with Gasteiger partial charge >= 0.3 is 0 Å². The normalized spacial score (nSPS) is 17.4. The maximum atomic E-state index is 13.1. The number of hydrogen-bond acceptors (Lipinski definition) is 6. The fraction of sp³-hybridized carbons (Fsp3) is 0.364. The number of sulfonamides is 1. The Hall–Kier alpha value is -2.95. The van der Waals surface area contributed by atoms with E-state index in [0.29, 0.717) is 43.1 Å². The van der Waals surface area contributed by atoms with Crippen LogP contribution in [0.15, 0.2) is 47.4 Å². The van der Waals surface area contributed by atoms with E-state index in [-0.39, 0.29) is 29.6 Å². The van der Waals surface area contributed by atoms with E-state index in [4.69, 9.17) is 9.47 Å². The van der Waals surface area contributed by atoms with Gasteiger partial charge in [0.2, 0.25) is 15.9 Å². The summed E-state index contributed by atoms with van der Waals surface area (Å²) >= 11 is 0. The van der Waals surface area contributed by atoms with E-state index in [0.717, 1.165) is 6.42 Å². The Morgan fingerprint density at radius 2 is 1.88 bits per heavy atom. The number of hydrogen-bond donors (Lipinski definition) is 1. The van der Waals surface area contributed by atoms with E-state index in [9.17, 15) is 18.0 Å². The number of nitrogens with zero attached hydrogens (tertiary/aromatic N) is 2. The molecule has 0 radical (unpaired) electrons. The van der Waals surface area contributed by atoms with Crippen molar-refractivity contribution in [1.29, 1.82) is 0 Å². The van der Waals surface area contributed by atoms with Crippen LogP contribution in [0.4, 0.5) is 11.4 Å². The van der Waals surface area contributed by atoms with Crippen molar-refractivity contribution >= 4 is 33.2 Å². The summed E-state index contributed by atoms with van der Waals surface area (Å²) in [5, 5.41) is 2.75. The molecule has 2 saturated heterocycles. The second-order valence-electron chi connectivity index (χ2n) is 7.54. The molecule has 10 heteroatoms. The van der Waals surface area contributed by atoms with Crippen LogP contribution in [0.3, 0.4) is 0 Å². The van der Waals surface area contributed by atoms with Gasteiger partial charge in [0.25, 0.3) is 5.91 Å². The highest BCUT2D eigenvalue weighted by atomic mass is 32.2. The van der Waals surface area contributed by atoms with Crippen molar-refractivity contribution in [1.82, 2.24) is 4.31 Å². The van der Waals surface area contributed by atoms with Crippen molar-refractivity contribution in [3.63, 3.8) is 0 Å². The van der Waals surface area contributed by atoms with Crippen molar-refractivity contribution in [3.8, 4) is 5.75 Å². The third kappa shape index (κ3) is 4.47. The van der Waals surface area contributed by atoms with Crippen LogP contribution in [0, 0.1) is 0 Å². The first-order valence-electron chi connectivity index (χ1n) is 10.4. The number of ether oxygens (including phenoxy) is 2. The van der Waals surface area contributed by atoms with E-state index in [1.165, 1.54) is 23.5 Å². The summed E-state index contributed by atoms with van der Waals surface area (Å²) in [5.74, 6) is -0.168. The molecular weight excluding hydrogens is 434 g/mol. The average molecular weight is 460 g/mol. The van der Waals surface area contributed by atoms with Gasteiger partial charge in [0.05, 0.1) is 20.3 Å². The lowest BCUT2D eigenvalue weighted by atomic mass is 10.1. The molecule has 2 fully saturated rings. The number of carbonyl (C=O) groups excluding carboxylic acids is 2. The standard InChI is InChI=1S/C22H25N3O6S/c1-30-19-8-7-17(15-20(19)32(28,29)24-10-12-31-13-11-24)23-22(27)16-4-2-5-18(14-16)25-9-3-6-21(25)26/h2,4-5,7-8,14-15H,3,6,9-13H2,1H3,(H,23,27). The molecule has 32 heavy (non-hydrogen) atoms. The smallest absolute Gasteiger partial charge is 0.255 e. The minimum Gasteiger partial charge on any atom is -0.495 e. The van der Waals surface area contributed by atoms with Gasteiger partial charge in [0.1, 0.15) is 10.6 Å². The monoisotopic (exact) mass is 459 g/mol. The van der Waals surface area contributed by atoms with Gasteiger partial charge in [-0.2, -0.15) is 4.31 Å². The molecule has 0 saturated carbocycles. The van der Waals surface area contributed by atoms with Gasteiger partial charge < -0.3 is 19.7 Å². The van der Waals surface area contributed by atoms with Crippen molar-refractivity contribution < 1.29 is 27.5 Å². The predicted molar refractivity (Wildman–Crippen MR) is 119 cm³/mol. The number of methoxy groups -OCH3 is 1. The first kappa shape index (κ1) is 22.3. The zero-order valence-corrected chi connectivity index (χ0v) is 18.6. The minimum absolute atomic E-state index is 0.0175. The van der Waals surface area contributed by atoms with Crippen molar-refractivity contribution in [2.75, 3.05) is 50.2 Å². The highest BCUT2D eigenvalue weighted by Gasteiger charge is 2.30. The van der Waals surface area contributed by atoms with Crippen molar-refractivity contribution in [2.45, 2.75) is 17.7 Å². The van der Waals surface area contributed by atoms with Gasteiger partial charge in [-0.25, -0.2) is 8.42 Å². The fourth-order valence-corrected chi connectivity index (χ4v) is 5.41. The predicted octanol–water partition coefficient (Wildman–Crippen LogP) is 2.10. The second-order valence-corrected chi connectivity index (χ2v) is 9.44. The van der Waals surface area contributed by atoms with Gasteiger partial charge in [-0.05, 0) is 42.8 Å². The summed E-state index contributed by atoms with van der Waals surface area (Å²) in [6.07, 6.45) is 1.30. The van der Waals surface area contributed by atoms with Crippen LogP contribution in [-0.4, -0.2) is 64.5 Å². The molecule has 0 atom stereocenters. The van der Waals surface area contributed by atoms with Crippen LogP contribution in [0.5, 0.6) is 5.75 Å². The number of benzene rings is 2. The first-order valence-corrected chi connectivity index (χ1v) is 11.8. The molecule has 1 N–H and O–H groups in total. The first-order chi connectivity index (χ1) is 15.4. The molecule has 2 amide bonds. The minimum atomic E-state index is -3.82. The van der Waals surface area contributed by atoms with Crippen LogP contribution >= 0.6 is 0 Å². The Balaban J connectivity index is 1.58. The lowest BCUT2D eigenvalue weighted by Crippen LogP contribution is -2.40. The summed E-state index contributed by atoms with van der Waals surface area (Å²) in [4.78, 5) is 26.5. The largest absolute Gasteiger partial charge is 0.495 e. The Labute approximate surface area is 187 Å². The third-order valence-corrected chi connectivity index (χ3v) is 7.42. The second kappa shape index (κ2) is 9.27. The topological polar surface area (TPSA) is 105 Å². The summed E-state index contributed by atoms with van der Waals surface area (Å²) < 4.78 is 38.1. The molecule has 2 aliphatic heterocycles.